The SMILES string of the molecule is O=C(Nc1cc(F)cc(F)c1)c1cc(F)ccc1[N+](=O)[O-]. The van der Waals surface area contributed by atoms with Gasteiger partial charge in [0, 0.05) is 17.8 Å². The lowest BCUT2D eigenvalue weighted by Crippen LogP contribution is -2.14. The summed E-state index contributed by atoms with van der Waals surface area (Å²) >= 11 is 0. The number of nitro groups is 1. The molecule has 2 rings (SSSR count). The third-order valence-corrected chi connectivity index (χ3v) is 2.52. The molecule has 0 fully saturated rings. The van der Waals surface area contributed by atoms with Crippen molar-refractivity contribution >= 4 is 17.3 Å². The summed E-state index contributed by atoms with van der Waals surface area (Å²) in [6.45, 7) is 0. The standard InChI is InChI=1S/C13H7F3N2O3/c14-7-1-2-12(18(20)21)11(6-7)13(19)17-10-4-8(15)3-9(16)5-10/h1-6H,(H,17,19). The zero-order valence-corrected chi connectivity index (χ0v) is 10.3. The predicted octanol–water partition coefficient (Wildman–Crippen LogP) is 3.26. The predicted molar refractivity (Wildman–Crippen MR) is 67.4 cm³/mol. The summed E-state index contributed by atoms with van der Waals surface area (Å²) in [7, 11) is 0. The first kappa shape index (κ1) is 14.5. The van der Waals surface area contributed by atoms with Gasteiger partial charge in [-0.1, -0.05) is 0 Å². The number of rotatable bonds is 3. The molecule has 0 spiro atoms. The molecule has 0 aromatic heterocycles. The fraction of sp³-hybridized carbons (Fsp3) is 0. The summed E-state index contributed by atoms with van der Waals surface area (Å²) in [5.74, 6) is -3.76. The molecule has 0 aliphatic carbocycles. The van der Waals surface area contributed by atoms with E-state index in [4.69, 9.17) is 0 Å². The van der Waals surface area contributed by atoms with Gasteiger partial charge >= 0.3 is 0 Å². The van der Waals surface area contributed by atoms with Crippen molar-refractivity contribution in [2.45, 2.75) is 0 Å². The maximum absolute atomic E-state index is 13.1. The molecule has 0 saturated carbocycles. The molecule has 2 aromatic carbocycles. The van der Waals surface area contributed by atoms with Gasteiger partial charge in [-0.25, -0.2) is 13.2 Å². The van der Waals surface area contributed by atoms with Crippen LogP contribution in [0.25, 0.3) is 0 Å². The Morgan fingerprint density at radius 3 is 2.19 bits per heavy atom. The van der Waals surface area contributed by atoms with E-state index in [-0.39, 0.29) is 5.69 Å². The fourth-order valence-corrected chi connectivity index (χ4v) is 1.67. The lowest BCUT2D eigenvalue weighted by Gasteiger charge is -2.06. The quantitative estimate of drug-likeness (QED) is 0.698. The van der Waals surface area contributed by atoms with Crippen molar-refractivity contribution in [2.75, 3.05) is 5.32 Å². The topological polar surface area (TPSA) is 72.2 Å². The van der Waals surface area contributed by atoms with E-state index in [1.165, 1.54) is 0 Å². The number of carbonyl (C=O) groups is 1. The summed E-state index contributed by atoms with van der Waals surface area (Å²) in [4.78, 5) is 21.8. The van der Waals surface area contributed by atoms with Crippen molar-refractivity contribution in [1.82, 2.24) is 0 Å². The number of nitro benzene ring substituents is 1. The number of amides is 1. The first-order valence-electron chi connectivity index (χ1n) is 5.58. The second-order valence-corrected chi connectivity index (χ2v) is 4.03. The Bertz CT molecular complexity index is 714. The van der Waals surface area contributed by atoms with Crippen LogP contribution < -0.4 is 5.32 Å². The summed E-state index contributed by atoms with van der Waals surface area (Å²) in [5.41, 5.74) is -1.41. The van der Waals surface area contributed by atoms with Crippen LogP contribution in [0.1, 0.15) is 10.4 Å². The van der Waals surface area contributed by atoms with E-state index in [0.717, 1.165) is 24.3 Å². The van der Waals surface area contributed by atoms with E-state index in [9.17, 15) is 28.1 Å². The highest BCUT2D eigenvalue weighted by Crippen LogP contribution is 2.21. The number of nitrogens with one attached hydrogen (secondary N) is 1. The van der Waals surface area contributed by atoms with E-state index in [1.54, 1.807) is 0 Å². The molecule has 21 heavy (non-hydrogen) atoms. The molecule has 8 heteroatoms. The van der Waals surface area contributed by atoms with Crippen LogP contribution in [0.3, 0.4) is 0 Å². The number of benzene rings is 2. The van der Waals surface area contributed by atoms with Gasteiger partial charge in [0.15, 0.2) is 0 Å². The summed E-state index contributed by atoms with van der Waals surface area (Å²) in [5, 5.41) is 12.9. The van der Waals surface area contributed by atoms with Gasteiger partial charge in [0.25, 0.3) is 11.6 Å². The van der Waals surface area contributed by atoms with Crippen molar-refractivity contribution < 1.29 is 22.9 Å². The third kappa shape index (κ3) is 3.35. The van der Waals surface area contributed by atoms with Gasteiger partial charge in [-0.3, -0.25) is 14.9 Å². The first-order valence-corrected chi connectivity index (χ1v) is 5.58. The second-order valence-electron chi connectivity index (χ2n) is 4.03. The molecule has 108 valence electrons. The summed E-state index contributed by atoms with van der Waals surface area (Å²) in [6, 6.07) is 4.58. The number of anilines is 1. The van der Waals surface area contributed by atoms with Crippen molar-refractivity contribution in [3.8, 4) is 0 Å². The Balaban J connectivity index is 2.36. The van der Waals surface area contributed by atoms with Crippen molar-refractivity contribution in [1.29, 1.82) is 0 Å². The lowest BCUT2D eigenvalue weighted by molar-refractivity contribution is -0.385. The maximum Gasteiger partial charge on any atom is 0.282 e. The highest BCUT2D eigenvalue weighted by molar-refractivity contribution is 6.07. The lowest BCUT2D eigenvalue weighted by atomic mass is 10.1. The smallest absolute Gasteiger partial charge is 0.282 e. The van der Waals surface area contributed by atoms with Gasteiger partial charge in [-0.05, 0) is 24.3 Å². The largest absolute Gasteiger partial charge is 0.322 e. The number of hydrogen-bond acceptors (Lipinski definition) is 3. The number of nitrogens with zero attached hydrogens (tertiary/aromatic N) is 1. The van der Waals surface area contributed by atoms with Gasteiger partial charge < -0.3 is 5.32 Å². The number of halogens is 3. The average Bonchev–Trinajstić information content (AvgIpc) is 2.36. The average molecular weight is 296 g/mol. The molecule has 0 aliphatic rings. The van der Waals surface area contributed by atoms with E-state index in [2.05, 4.69) is 5.32 Å². The van der Waals surface area contributed by atoms with Crippen LogP contribution in [0.15, 0.2) is 36.4 Å². The van der Waals surface area contributed by atoms with Crippen LogP contribution in [-0.2, 0) is 0 Å². The normalized spacial score (nSPS) is 10.2. The highest BCUT2D eigenvalue weighted by Gasteiger charge is 2.21. The number of hydrogen-bond donors (Lipinski definition) is 1. The molecule has 0 bridgehead atoms. The summed E-state index contributed by atoms with van der Waals surface area (Å²) < 4.78 is 39.1. The third-order valence-electron chi connectivity index (χ3n) is 2.52. The van der Waals surface area contributed by atoms with E-state index in [0.29, 0.717) is 12.1 Å². The molecule has 1 N–H and O–H groups in total. The first-order chi connectivity index (χ1) is 9.86. The van der Waals surface area contributed by atoms with Crippen LogP contribution >= 0.6 is 0 Å². The van der Waals surface area contributed by atoms with Gasteiger partial charge in [0.1, 0.15) is 23.0 Å². The molecular formula is C13H7F3N2O3. The van der Waals surface area contributed by atoms with Crippen LogP contribution in [0.4, 0.5) is 24.5 Å². The number of carbonyl (C=O) groups excluding carboxylic acids is 1. The molecular weight excluding hydrogens is 289 g/mol. The molecule has 5 nitrogen and oxygen atoms in total. The van der Waals surface area contributed by atoms with Gasteiger partial charge in [0.05, 0.1) is 4.92 Å². The second kappa shape index (κ2) is 5.61. The molecule has 0 atom stereocenters. The van der Waals surface area contributed by atoms with E-state index >= 15 is 0 Å². The van der Waals surface area contributed by atoms with E-state index < -0.39 is 39.5 Å². The monoisotopic (exact) mass is 296 g/mol. The Kier molecular flexibility index (Phi) is 3.88. The molecule has 0 radical (unpaired) electrons. The van der Waals surface area contributed by atoms with Crippen molar-refractivity contribution in [3.63, 3.8) is 0 Å². The zero-order valence-electron chi connectivity index (χ0n) is 10.3. The van der Waals surface area contributed by atoms with Crippen LogP contribution in [0, 0.1) is 27.6 Å². The molecule has 0 saturated heterocycles. The molecule has 1 amide bonds. The Labute approximate surface area is 116 Å². The van der Waals surface area contributed by atoms with Crippen molar-refractivity contribution in [2.24, 2.45) is 0 Å². The van der Waals surface area contributed by atoms with E-state index in [1.807, 2.05) is 0 Å². The minimum atomic E-state index is -1.05. The molecule has 0 heterocycles. The highest BCUT2D eigenvalue weighted by atomic mass is 19.1. The Morgan fingerprint density at radius 1 is 1.00 bits per heavy atom. The molecule has 2 aromatic rings. The Morgan fingerprint density at radius 2 is 1.62 bits per heavy atom. The van der Waals surface area contributed by atoms with Gasteiger partial charge in [-0.2, -0.15) is 0 Å². The minimum absolute atomic E-state index is 0.240. The van der Waals surface area contributed by atoms with Gasteiger partial charge in [0.2, 0.25) is 0 Å². The Hall–Kier alpha value is -2.90. The summed E-state index contributed by atoms with van der Waals surface area (Å²) in [6.07, 6.45) is 0. The molecule has 0 unspecified atom stereocenters. The van der Waals surface area contributed by atoms with Crippen LogP contribution in [0.5, 0.6) is 0 Å². The fourth-order valence-electron chi connectivity index (χ4n) is 1.67. The van der Waals surface area contributed by atoms with Crippen molar-refractivity contribution in [3.05, 3.63) is 69.5 Å². The van der Waals surface area contributed by atoms with Crippen LogP contribution in [-0.4, -0.2) is 10.8 Å². The minimum Gasteiger partial charge on any atom is -0.322 e. The molecule has 0 aliphatic heterocycles. The van der Waals surface area contributed by atoms with Gasteiger partial charge in [-0.15, -0.1) is 0 Å². The van der Waals surface area contributed by atoms with Crippen LogP contribution in [0.2, 0.25) is 0 Å². The zero-order chi connectivity index (χ0) is 15.6. The maximum atomic E-state index is 13.1.